The van der Waals surface area contributed by atoms with E-state index in [1.807, 2.05) is 34.6 Å². The monoisotopic (exact) mass is 300 g/mol. The molecule has 0 heterocycles. The summed E-state index contributed by atoms with van der Waals surface area (Å²) in [4.78, 5) is 22.6. The Hall–Kier alpha value is -1.06. The predicted molar refractivity (Wildman–Crippen MR) is 89.7 cm³/mol. The van der Waals surface area contributed by atoms with Crippen molar-refractivity contribution in [3.63, 3.8) is 0 Å². The van der Waals surface area contributed by atoms with Crippen molar-refractivity contribution in [2.24, 2.45) is 28.9 Å². The molecule has 0 saturated heterocycles. The normalized spacial score (nSPS) is 16.4. The molecule has 0 aromatic rings. The second kappa shape index (κ2) is 10.6. The van der Waals surface area contributed by atoms with Gasteiger partial charge < -0.3 is 11.1 Å². The summed E-state index contributed by atoms with van der Waals surface area (Å²) in [6.07, 6.45) is 4.44. The number of nitrogens with two attached hydrogens (primary N) is 1. The summed E-state index contributed by atoms with van der Waals surface area (Å²) in [6, 6.07) is 0. The van der Waals surface area contributed by atoms with Crippen molar-refractivity contribution in [2.75, 3.05) is 7.05 Å². The van der Waals surface area contributed by atoms with Gasteiger partial charge in [-0.05, 0) is 11.3 Å². The standard InChI is InChI=1S/C10H20N2O2.C5H10.C2H6/c1-6(8(11)13)7(9(14)12-5)10(2,3)4;1-2-5-3-4-5;1-2/h6-7H,1-5H3,(H2,11,13)(H,12,14);5H,2-4H2,1H3;1-2H3. The molecule has 0 spiro atoms. The van der Waals surface area contributed by atoms with Crippen molar-refractivity contribution < 1.29 is 9.59 Å². The van der Waals surface area contributed by atoms with E-state index in [1.165, 1.54) is 19.3 Å². The van der Waals surface area contributed by atoms with E-state index in [1.54, 1.807) is 14.0 Å². The molecule has 0 aliphatic heterocycles. The third-order valence-corrected chi connectivity index (χ3v) is 3.68. The van der Waals surface area contributed by atoms with E-state index in [4.69, 9.17) is 5.73 Å². The fourth-order valence-electron chi connectivity index (χ4n) is 2.22. The average Bonchev–Trinajstić information content (AvgIpc) is 3.23. The van der Waals surface area contributed by atoms with Gasteiger partial charge in [-0.2, -0.15) is 0 Å². The molecular weight excluding hydrogens is 264 g/mol. The van der Waals surface area contributed by atoms with E-state index >= 15 is 0 Å². The highest BCUT2D eigenvalue weighted by Crippen LogP contribution is 2.32. The van der Waals surface area contributed by atoms with E-state index in [-0.39, 0.29) is 17.2 Å². The molecule has 4 nitrogen and oxygen atoms in total. The zero-order valence-electron chi connectivity index (χ0n) is 15.2. The number of carbonyl (C=O) groups excluding carboxylic acids is 2. The van der Waals surface area contributed by atoms with Crippen molar-refractivity contribution in [1.82, 2.24) is 5.32 Å². The molecule has 2 amide bonds. The lowest BCUT2D eigenvalue weighted by molar-refractivity contribution is -0.136. The van der Waals surface area contributed by atoms with Gasteiger partial charge in [-0.1, -0.05) is 67.7 Å². The van der Waals surface area contributed by atoms with E-state index in [9.17, 15) is 9.59 Å². The van der Waals surface area contributed by atoms with Gasteiger partial charge in [0, 0.05) is 13.0 Å². The van der Waals surface area contributed by atoms with E-state index < -0.39 is 11.8 Å². The quantitative estimate of drug-likeness (QED) is 0.835. The third-order valence-electron chi connectivity index (χ3n) is 3.68. The van der Waals surface area contributed by atoms with E-state index in [0.717, 1.165) is 5.92 Å². The lowest BCUT2D eigenvalue weighted by Gasteiger charge is -2.32. The van der Waals surface area contributed by atoms with Gasteiger partial charge in [0.2, 0.25) is 11.8 Å². The van der Waals surface area contributed by atoms with Crippen molar-refractivity contribution in [1.29, 1.82) is 0 Å². The van der Waals surface area contributed by atoms with Crippen molar-refractivity contribution in [3.8, 4) is 0 Å². The Morgan fingerprint density at radius 2 is 1.67 bits per heavy atom. The zero-order chi connectivity index (χ0) is 17.2. The number of carbonyl (C=O) groups is 2. The number of hydrogen-bond donors (Lipinski definition) is 2. The number of nitrogens with one attached hydrogen (secondary N) is 1. The summed E-state index contributed by atoms with van der Waals surface area (Å²) in [6.45, 7) is 13.7. The van der Waals surface area contributed by atoms with Crippen LogP contribution in [0.1, 0.15) is 67.7 Å². The first-order valence-electron chi connectivity index (χ1n) is 8.16. The molecule has 0 aromatic heterocycles. The van der Waals surface area contributed by atoms with Crippen molar-refractivity contribution in [2.45, 2.75) is 67.7 Å². The molecule has 0 aromatic carbocycles. The maximum absolute atomic E-state index is 11.6. The van der Waals surface area contributed by atoms with Crippen LogP contribution in [0.3, 0.4) is 0 Å². The van der Waals surface area contributed by atoms with Crippen LogP contribution in [0.15, 0.2) is 0 Å². The Kier molecular flexibility index (Phi) is 11.3. The van der Waals surface area contributed by atoms with Gasteiger partial charge in [-0.15, -0.1) is 0 Å². The first-order valence-corrected chi connectivity index (χ1v) is 8.16. The summed E-state index contributed by atoms with van der Waals surface area (Å²) in [7, 11) is 1.56. The fourth-order valence-corrected chi connectivity index (χ4v) is 2.22. The van der Waals surface area contributed by atoms with Crippen LogP contribution in [0.4, 0.5) is 0 Å². The molecule has 2 unspecified atom stereocenters. The molecule has 3 N–H and O–H groups in total. The Bertz CT molecular complexity index is 304. The average molecular weight is 300 g/mol. The smallest absolute Gasteiger partial charge is 0.224 e. The maximum atomic E-state index is 11.6. The minimum atomic E-state index is -0.449. The Labute approximate surface area is 131 Å². The minimum absolute atomic E-state index is 0.135. The SMILES string of the molecule is CC.CCC1CC1.CNC(=O)C(C(C)C(N)=O)C(C)(C)C. The van der Waals surface area contributed by atoms with Crippen LogP contribution in [0.5, 0.6) is 0 Å². The van der Waals surface area contributed by atoms with Gasteiger partial charge in [0.1, 0.15) is 0 Å². The lowest BCUT2D eigenvalue weighted by Crippen LogP contribution is -2.44. The fraction of sp³-hybridized carbons (Fsp3) is 0.882. The topological polar surface area (TPSA) is 72.2 Å². The van der Waals surface area contributed by atoms with Gasteiger partial charge in [0.15, 0.2) is 0 Å². The Morgan fingerprint density at radius 1 is 1.24 bits per heavy atom. The van der Waals surface area contributed by atoms with Crippen LogP contribution in [-0.2, 0) is 9.59 Å². The molecular formula is C17H36N2O2. The Morgan fingerprint density at radius 3 is 1.81 bits per heavy atom. The summed E-state index contributed by atoms with van der Waals surface area (Å²) in [5.74, 6) is -0.271. The van der Waals surface area contributed by atoms with Crippen LogP contribution in [0.25, 0.3) is 0 Å². The summed E-state index contributed by atoms with van der Waals surface area (Å²) >= 11 is 0. The predicted octanol–water partition coefficient (Wildman–Crippen LogP) is 3.35. The molecule has 126 valence electrons. The van der Waals surface area contributed by atoms with Crippen LogP contribution < -0.4 is 11.1 Å². The molecule has 0 bridgehead atoms. The van der Waals surface area contributed by atoms with Crippen molar-refractivity contribution in [3.05, 3.63) is 0 Å². The highest BCUT2D eigenvalue weighted by Gasteiger charge is 2.37. The van der Waals surface area contributed by atoms with Crippen LogP contribution in [-0.4, -0.2) is 18.9 Å². The maximum Gasteiger partial charge on any atom is 0.224 e. The minimum Gasteiger partial charge on any atom is -0.369 e. The number of rotatable bonds is 4. The molecule has 21 heavy (non-hydrogen) atoms. The highest BCUT2D eigenvalue weighted by atomic mass is 16.2. The van der Waals surface area contributed by atoms with Gasteiger partial charge in [-0.25, -0.2) is 0 Å². The molecule has 1 aliphatic carbocycles. The van der Waals surface area contributed by atoms with Crippen LogP contribution in [0, 0.1) is 23.2 Å². The largest absolute Gasteiger partial charge is 0.369 e. The first kappa shape index (κ1) is 22.2. The molecule has 1 fully saturated rings. The van der Waals surface area contributed by atoms with Gasteiger partial charge in [0.25, 0.3) is 0 Å². The van der Waals surface area contributed by atoms with Gasteiger partial charge in [-0.3, -0.25) is 9.59 Å². The van der Waals surface area contributed by atoms with Gasteiger partial charge in [0.05, 0.1) is 5.92 Å². The van der Waals surface area contributed by atoms with E-state index in [0.29, 0.717) is 0 Å². The van der Waals surface area contributed by atoms with Crippen molar-refractivity contribution >= 4 is 11.8 Å². The molecule has 2 atom stereocenters. The second-order valence-electron chi connectivity index (χ2n) is 6.50. The van der Waals surface area contributed by atoms with Crippen LogP contribution >= 0.6 is 0 Å². The molecule has 1 rings (SSSR count). The first-order chi connectivity index (χ1) is 9.65. The lowest BCUT2D eigenvalue weighted by atomic mass is 9.73. The number of primary amides is 1. The highest BCUT2D eigenvalue weighted by molar-refractivity contribution is 5.87. The molecule has 1 aliphatic rings. The Balaban J connectivity index is 0. The molecule has 0 radical (unpaired) electrons. The third kappa shape index (κ3) is 9.48. The van der Waals surface area contributed by atoms with E-state index in [2.05, 4.69) is 12.2 Å². The summed E-state index contributed by atoms with van der Waals surface area (Å²) in [5, 5.41) is 2.56. The molecule has 4 heteroatoms. The zero-order valence-corrected chi connectivity index (χ0v) is 15.2. The number of hydrogen-bond acceptors (Lipinski definition) is 2. The number of amides is 2. The second-order valence-corrected chi connectivity index (χ2v) is 6.50. The van der Waals surface area contributed by atoms with Gasteiger partial charge >= 0.3 is 0 Å². The summed E-state index contributed by atoms with van der Waals surface area (Å²) in [5.41, 5.74) is 4.94. The molecule has 1 saturated carbocycles. The van der Waals surface area contributed by atoms with Crippen LogP contribution in [0.2, 0.25) is 0 Å². The summed E-state index contributed by atoms with van der Waals surface area (Å²) < 4.78 is 0.